The zero-order valence-electron chi connectivity index (χ0n) is 16.0. The molecule has 0 bridgehead atoms. The molecule has 2 aromatic carbocycles. The third-order valence-corrected chi connectivity index (χ3v) is 6.32. The topological polar surface area (TPSA) is 46.1 Å². The number of hydrogen-bond donors (Lipinski definition) is 0. The third kappa shape index (κ3) is 4.43. The van der Waals surface area contributed by atoms with E-state index < -0.39 is 29.3 Å². The SMILES string of the molecule is O=C(c1ccccc1C(F)(F)F)N1CCC(c2nnc(-c3ccc(F)cc3F)s2)CC1. The average molecular weight is 453 g/mol. The molecular weight excluding hydrogens is 437 g/mol. The molecule has 1 fully saturated rings. The molecule has 1 saturated heterocycles. The number of aromatic nitrogens is 2. The molecular formula is C21H16F5N3OS. The highest BCUT2D eigenvalue weighted by molar-refractivity contribution is 7.14. The standard InChI is InChI=1S/C21H16F5N3OS/c22-13-5-6-15(17(23)11-13)19-28-27-18(31-19)12-7-9-29(10-8-12)20(30)14-3-1-2-4-16(14)21(24,25)26/h1-6,11-12H,7-10H2. The maximum Gasteiger partial charge on any atom is 0.417 e. The van der Waals surface area contributed by atoms with Gasteiger partial charge in [-0.05, 0) is 37.1 Å². The van der Waals surface area contributed by atoms with Crippen molar-refractivity contribution in [3.8, 4) is 10.6 Å². The highest BCUT2D eigenvalue weighted by Crippen LogP contribution is 2.36. The van der Waals surface area contributed by atoms with Crippen molar-refractivity contribution in [2.24, 2.45) is 0 Å². The molecule has 1 aromatic heterocycles. The Hall–Kier alpha value is -2.88. The van der Waals surface area contributed by atoms with Crippen molar-refractivity contribution < 1.29 is 26.7 Å². The van der Waals surface area contributed by atoms with Gasteiger partial charge in [-0.15, -0.1) is 10.2 Å². The molecule has 10 heteroatoms. The van der Waals surface area contributed by atoms with Crippen molar-refractivity contribution in [3.05, 3.63) is 70.2 Å². The van der Waals surface area contributed by atoms with E-state index in [2.05, 4.69) is 10.2 Å². The number of piperidine rings is 1. The summed E-state index contributed by atoms with van der Waals surface area (Å²) in [7, 11) is 0. The Kier molecular flexibility index (Phi) is 5.74. The summed E-state index contributed by atoms with van der Waals surface area (Å²) in [4.78, 5) is 14.1. The molecule has 162 valence electrons. The van der Waals surface area contributed by atoms with Crippen LogP contribution in [0.25, 0.3) is 10.6 Å². The zero-order chi connectivity index (χ0) is 22.2. The molecule has 0 atom stereocenters. The second-order valence-corrected chi connectivity index (χ2v) is 8.19. The number of nitrogens with zero attached hydrogens (tertiary/aromatic N) is 3. The van der Waals surface area contributed by atoms with E-state index in [1.807, 2.05) is 0 Å². The van der Waals surface area contributed by atoms with Crippen molar-refractivity contribution in [2.75, 3.05) is 13.1 Å². The van der Waals surface area contributed by atoms with Crippen LogP contribution in [-0.4, -0.2) is 34.1 Å². The quantitative estimate of drug-likeness (QED) is 0.491. The van der Waals surface area contributed by atoms with Crippen LogP contribution in [0, 0.1) is 11.6 Å². The Bertz CT molecular complexity index is 1110. The van der Waals surface area contributed by atoms with Crippen LogP contribution in [0.1, 0.15) is 39.7 Å². The summed E-state index contributed by atoms with van der Waals surface area (Å²) in [5, 5.41) is 9.08. The van der Waals surface area contributed by atoms with Crippen molar-refractivity contribution in [1.29, 1.82) is 0 Å². The fourth-order valence-electron chi connectivity index (χ4n) is 3.59. The number of halogens is 5. The van der Waals surface area contributed by atoms with Gasteiger partial charge in [-0.1, -0.05) is 23.5 Å². The Morgan fingerprint density at radius 3 is 2.42 bits per heavy atom. The molecule has 4 rings (SSSR count). The lowest BCUT2D eigenvalue weighted by Crippen LogP contribution is -2.38. The first-order valence-electron chi connectivity index (χ1n) is 9.48. The number of carbonyl (C=O) groups is 1. The van der Waals surface area contributed by atoms with E-state index in [4.69, 9.17) is 0 Å². The van der Waals surface area contributed by atoms with E-state index in [0.29, 0.717) is 22.9 Å². The molecule has 0 aliphatic carbocycles. The van der Waals surface area contributed by atoms with Crippen LogP contribution in [0.4, 0.5) is 22.0 Å². The monoisotopic (exact) mass is 453 g/mol. The van der Waals surface area contributed by atoms with Gasteiger partial charge in [-0.3, -0.25) is 4.79 Å². The summed E-state index contributed by atoms with van der Waals surface area (Å²) in [5.41, 5.74) is -1.16. The number of hydrogen-bond acceptors (Lipinski definition) is 4. The van der Waals surface area contributed by atoms with Crippen LogP contribution in [0.15, 0.2) is 42.5 Å². The molecule has 1 amide bonds. The van der Waals surface area contributed by atoms with Crippen LogP contribution >= 0.6 is 11.3 Å². The van der Waals surface area contributed by atoms with Gasteiger partial charge in [0.15, 0.2) is 5.01 Å². The summed E-state index contributed by atoms with van der Waals surface area (Å²) in [6, 6.07) is 7.97. The van der Waals surface area contributed by atoms with Crippen LogP contribution < -0.4 is 0 Å². The average Bonchev–Trinajstić information content (AvgIpc) is 3.22. The Morgan fingerprint density at radius 2 is 1.74 bits per heavy atom. The number of benzene rings is 2. The van der Waals surface area contributed by atoms with Gasteiger partial charge in [0.25, 0.3) is 5.91 Å². The summed E-state index contributed by atoms with van der Waals surface area (Å²) in [5.74, 6) is -2.11. The van der Waals surface area contributed by atoms with Crippen LogP contribution in [-0.2, 0) is 6.18 Å². The van der Waals surface area contributed by atoms with Crippen molar-refractivity contribution in [1.82, 2.24) is 15.1 Å². The van der Waals surface area contributed by atoms with Crippen LogP contribution in [0.2, 0.25) is 0 Å². The summed E-state index contributed by atoms with van der Waals surface area (Å²) >= 11 is 1.19. The Morgan fingerprint density at radius 1 is 1.03 bits per heavy atom. The number of rotatable bonds is 3. The first-order valence-corrected chi connectivity index (χ1v) is 10.3. The number of amides is 1. The normalized spacial score (nSPS) is 15.3. The number of alkyl halides is 3. The van der Waals surface area contributed by atoms with Crippen LogP contribution in [0.5, 0.6) is 0 Å². The summed E-state index contributed by atoms with van der Waals surface area (Å²) < 4.78 is 66.7. The molecule has 3 aromatic rings. The van der Waals surface area contributed by atoms with E-state index in [-0.39, 0.29) is 30.1 Å². The van der Waals surface area contributed by atoms with Gasteiger partial charge in [-0.25, -0.2) is 8.78 Å². The Labute approximate surface area is 178 Å². The molecule has 1 aliphatic rings. The van der Waals surface area contributed by atoms with Gasteiger partial charge in [0.05, 0.1) is 11.1 Å². The number of likely N-dealkylation sites (tertiary alicyclic amines) is 1. The van der Waals surface area contributed by atoms with Crippen molar-refractivity contribution in [3.63, 3.8) is 0 Å². The predicted molar refractivity (Wildman–Crippen MR) is 105 cm³/mol. The van der Waals surface area contributed by atoms with Gasteiger partial charge in [0.1, 0.15) is 16.6 Å². The van der Waals surface area contributed by atoms with Crippen molar-refractivity contribution >= 4 is 17.2 Å². The smallest absolute Gasteiger partial charge is 0.339 e. The van der Waals surface area contributed by atoms with E-state index in [1.54, 1.807) is 0 Å². The highest BCUT2D eigenvalue weighted by Gasteiger charge is 2.36. The maximum atomic E-state index is 14.0. The molecule has 1 aliphatic heterocycles. The van der Waals surface area contributed by atoms with Crippen LogP contribution in [0.3, 0.4) is 0 Å². The van der Waals surface area contributed by atoms with E-state index in [1.165, 1.54) is 40.5 Å². The lowest BCUT2D eigenvalue weighted by atomic mass is 9.96. The fraction of sp³-hybridized carbons (Fsp3) is 0.286. The summed E-state index contributed by atoms with van der Waals surface area (Å²) in [6.07, 6.45) is -3.61. The largest absolute Gasteiger partial charge is 0.417 e. The van der Waals surface area contributed by atoms with E-state index in [9.17, 15) is 26.7 Å². The second kappa shape index (κ2) is 8.33. The molecule has 2 heterocycles. The molecule has 31 heavy (non-hydrogen) atoms. The molecule has 0 saturated carbocycles. The number of carbonyl (C=O) groups excluding carboxylic acids is 1. The molecule has 0 spiro atoms. The predicted octanol–water partition coefficient (Wildman–Crippen LogP) is 5.52. The van der Waals surface area contributed by atoms with Gasteiger partial charge < -0.3 is 4.90 Å². The van der Waals surface area contributed by atoms with E-state index in [0.717, 1.165) is 18.2 Å². The zero-order valence-corrected chi connectivity index (χ0v) is 16.8. The minimum absolute atomic E-state index is 0.0448. The second-order valence-electron chi connectivity index (χ2n) is 7.18. The maximum absolute atomic E-state index is 14.0. The molecule has 4 nitrogen and oxygen atoms in total. The van der Waals surface area contributed by atoms with Gasteiger partial charge >= 0.3 is 6.18 Å². The van der Waals surface area contributed by atoms with Crippen molar-refractivity contribution in [2.45, 2.75) is 24.9 Å². The summed E-state index contributed by atoms with van der Waals surface area (Å²) in [6.45, 7) is 0.547. The molecule has 0 unspecified atom stereocenters. The molecule has 0 radical (unpaired) electrons. The first-order chi connectivity index (χ1) is 14.7. The van der Waals surface area contributed by atoms with Gasteiger partial charge in [0, 0.05) is 30.6 Å². The lowest BCUT2D eigenvalue weighted by Gasteiger charge is -2.31. The fourth-order valence-corrected chi connectivity index (χ4v) is 4.63. The Balaban J connectivity index is 1.45. The third-order valence-electron chi connectivity index (χ3n) is 5.20. The first kappa shape index (κ1) is 21.4. The highest BCUT2D eigenvalue weighted by atomic mass is 32.1. The minimum atomic E-state index is -4.61. The molecule has 0 N–H and O–H groups in total. The minimum Gasteiger partial charge on any atom is -0.339 e. The van der Waals surface area contributed by atoms with Gasteiger partial charge in [0.2, 0.25) is 0 Å². The van der Waals surface area contributed by atoms with Gasteiger partial charge in [-0.2, -0.15) is 13.2 Å². The lowest BCUT2D eigenvalue weighted by molar-refractivity contribution is -0.138. The van der Waals surface area contributed by atoms with E-state index >= 15 is 0 Å².